The van der Waals surface area contributed by atoms with Gasteiger partial charge in [0.05, 0.1) is 12.4 Å². The zero-order valence-corrected chi connectivity index (χ0v) is 15.6. The van der Waals surface area contributed by atoms with Gasteiger partial charge in [0.1, 0.15) is 0 Å². The first kappa shape index (κ1) is 18.1. The van der Waals surface area contributed by atoms with Crippen molar-refractivity contribution < 1.29 is 9.59 Å². The second kappa shape index (κ2) is 8.17. The van der Waals surface area contributed by atoms with Gasteiger partial charge in [-0.2, -0.15) is 10.2 Å². The molecule has 0 bridgehead atoms. The molecule has 0 atom stereocenters. The maximum atomic E-state index is 11.8. The molecule has 0 heterocycles. The molecule has 0 saturated carbocycles. The predicted octanol–water partition coefficient (Wildman–Crippen LogP) is 2.26. The number of carbonyl (C=O) groups excluding carboxylic acids is 2. The van der Waals surface area contributed by atoms with E-state index in [0.29, 0.717) is 0 Å². The minimum Gasteiger partial charge on any atom is -0.262 e. The predicted molar refractivity (Wildman–Crippen MR) is 108 cm³/mol. The third-order valence-corrected chi connectivity index (χ3v) is 5.21. The van der Waals surface area contributed by atoms with Crippen LogP contribution in [-0.2, 0) is 35.3 Å². The molecule has 2 aliphatic carbocycles. The van der Waals surface area contributed by atoms with E-state index >= 15 is 0 Å². The summed E-state index contributed by atoms with van der Waals surface area (Å²) in [4.78, 5) is 23.6. The molecule has 0 saturated heterocycles. The van der Waals surface area contributed by atoms with Crippen molar-refractivity contribution in [1.29, 1.82) is 0 Å². The summed E-state index contributed by atoms with van der Waals surface area (Å²) in [5.41, 5.74) is 11.7. The van der Waals surface area contributed by atoms with Crippen LogP contribution in [-0.4, -0.2) is 24.2 Å². The van der Waals surface area contributed by atoms with Crippen LogP contribution in [0.15, 0.2) is 46.6 Å². The van der Waals surface area contributed by atoms with Gasteiger partial charge in [-0.05, 0) is 84.0 Å². The Hall–Kier alpha value is -3.28. The second-order valence-electron chi connectivity index (χ2n) is 7.16. The summed E-state index contributed by atoms with van der Waals surface area (Å²) in [6.45, 7) is 0. The molecular formula is C22H22N4O2. The molecule has 2 amide bonds. The fraction of sp³-hybridized carbons (Fsp3) is 0.273. The van der Waals surface area contributed by atoms with E-state index in [-0.39, 0.29) is 0 Å². The van der Waals surface area contributed by atoms with Crippen LogP contribution >= 0.6 is 0 Å². The van der Waals surface area contributed by atoms with Gasteiger partial charge in [0.15, 0.2) is 0 Å². The van der Waals surface area contributed by atoms with E-state index in [0.717, 1.165) is 36.8 Å². The molecule has 0 unspecified atom stereocenters. The van der Waals surface area contributed by atoms with Gasteiger partial charge in [0.25, 0.3) is 0 Å². The smallest absolute Gasteiger partial charge is 0.262 e. The number of hydrogen-bond donors (Lipinski definition) is 2. The van der Waals surface area contributed by atoms with Gasteiger partial charge in [-0.1, -0.05) is 24.3 Å². The molecule has 6 nitrogen and oxygen atoms in total. The number of benzene rings is 2. The topological polar surface area (TPSA) is 82.9 Å². The average Bonchev–Trinajstić information content (AvgIpc) is 3.36. The Kier molecular flexibility index (Phi) is 5.28. The molecule has 2 aromatic carbocycles. The van der Waals surface area contributed by atoms with Gasteiger partial charge in [-0.15, -0.1) is 0 Å². The fourth-order valence-electron chi connectivity index (χ4n) is 3.78. The van der Waals surface area contributed by atoms with Crippen molar-refractivity contribution in [2.75, 3.05) is 0 Å². The minimum atomic E-state index is -0.858. The van der Waals surface area contributed by atoms with Gasteiger partial charge in [-0.25, -0.2) is 10.9 Å². The molecule has 0 spiro atoms. The highest BCUT2D eigenvalue weighted by Crippen LogP contribution is 2.23. The molecule has 0 radical (unpaired) electrons. The van der Waals surface area contributed by atoms with Crippen LogP contribution in [0.3, 0.4) is 0 Å². The van der Waals surface area contributed by atoms with Crippen molar-refractivity contribution >= 4 is 24.2 Å². The van der Waals surface area contributed by atoms with Gasteiger partial charge < -0.3 is 0 Å². The van der Waals surface area contributed by atoms with Crippen molar-refractivity contribution in [2.45, 2.75) is 38.5 Å². The number of hydrazone groups is 2. The molecule has 6 heteroatoms. The fourth-order valence-corrected chi connectivity index (χ4v) is 3.78. The van der Waals surface area contributed by atoms with Crippen LogP contribution in [0.1, 0.15) is 46.2 Å². The Morgan fingerprint density at radius 1 is 0.679 bits per heavy atom. The van der Waals surface area contributed by atoms with E-state index in [1.54, 1.807) is 0 Å². The number of aryl methyl sites for hydroxylation is 4. The standard InChI is InChI=1S/C22H22N4O2/c27-21(25-23-13-15-7-9-17-3-1-5-19(17)11-15)22(28)26-24-14-16-8-10-18-4-2-6-20(18)12-16/h7-14H,1-6H2,(H,25,27)(H,26,28)/b23-13+,24-14+. The average molecular weight is 374 g/mol. The van der Waals surface area contributed by atoms with E-state index in [1.165, 1.54) is 47.5 Å². The zero-order chi connectivity index (χ0) is 19.3. The molecule has 4 rings (SSSR count). The first-order chi connectivity index (χ1) is 13.7. The van der Waals surface area contributed by atoms with Crippen LogP contribution in [0.2, 0.25) is 0 Å². The first-order valence-corrected chi connectivity index (χ1v) is 9.59. The Bertz CT molecular complexity index is 899. The van der Waals surface area contributed by atoms with Gasteiger partial charge in [-0.3, -0.25) is 9.59 Å². The number of rotatable bonds is 4. The maximum absolute atomic E-state index is 11.8. The summed E-state index contributed by atoms with van der Waals surface area (Å²) >= 11 is 0. The van der Waals surface area contributed by atoms with Crippen LogP contribution in [0, 0.1) is 0 Å². The van der Waals surface area contributed by atoms with E-state index < -0.39 is 11.8 Å². The van der Waals surface area contributed by atoms with Gasteiger partial charge >= 0.3 is 11.8 Å². The highest BCUT2D eigenvalue weighted by Gasteiger charge is 2.13. The lowest BCUT2D eigenvalue weighted by molar-refractivity contribution is -0.139. The highest BCUT2D eigenvalue weighted by molar-refractivity contribution is 6.35. The van der Waals surface area contributed by atoms with Crippen LogP contribution < -0.4 is 10.9 Å². The Labute approximate surface area is 163 Å². The number of fused-ring (bicyclic) bond motifs is 2. The van der Waals surface area contributed by atoms with E-state index in [1.807, 2.05) is 12.1 Å². The normalized spacial score (nSPS) is 15.0. The van der Waals surface area contributed by atoms with E-state index in [9.17, 15) is 9.59 Å². The molecule has 2 aromatic rings. The van der Waals surface area contributed by atoms with Gasteiger partial charge in [0.2, 0.25) is 0 Å². The van der Waals surface area contributed by atoms with Crippen molar-refractivity contribution in [3.05, 3.63) is 69.8 Å². The molecule has 0 aliphatic heterocycles. The molecule has 2 N–H and O–H groups in total. The number of nitrogens with one attached hydrogen (secondary N) is 2. The van der Waals surface area contributed by atoms with Crippen molar-refractivity contribution in [1.82, 2.24) is 10.9 Å². The monoisotopic (exact) mass is 374 g/mol. The first-order valence-electron chi connectivity index (χ1n) is 9.59. The molecule has 142 valence electrons. The molecule has 2 aliphatic rings. The van der Waals surface area contributed by atoms with Crippen molar-refractivity contribution in [2.24, 2.45) is 10.2 Å². The summed E-state index contributed by atoms with van der Waals surface area (Å²) < 4.78 is 0. The lowest BCUT2D eigenvalue weighted by Crippen LogP contribution is -2.35. The lowest BCUT2D eigenvalue weighted by Gasteiger charge is -2.01. The quantitative estimate of drug-likeness (QED) is 0.489. The third kappa shape index (κ3) is 4.17. The van der Waals surface area contributed by atoms with Crippen molar-refractivity contribution in [3.8, 4) is 0 Å². The molecule has 0 fully saturated rings. The largest absolute Gasteiger partial charge is 0.331 e. The minimum absolute atomic E-state index is 0.858. The van der Waals surface area contributed by atoms with Crippen LogP contribution in [0.4, 0.5) is 0 Å². The lowest BCUT2D eigenvalue weighted by atomic mass is 10.1. The van der Waals surface area contributed by atoms with E-state index in [2.05, 4.69) is 45.3 Å². The zero-order valence-electron chi connectivity index (χ0n) is 15.6. The van der Waals surface area contributed by atoms with Crippen molar-refractivity contribution in [3.63, 3.8) is 0 Å². The third-order valence-electron chi connectivity index (χ3n) is 5.21. The maximum Gasteiger partial charge on any atom is 0.331 e. The number of nitrogens with zero attached hydrogens (tertiary/aromatic N) is 2. The SMILES string of the molecule is O=C(N/N=C/c1ccc2c(c1)CCC2)C(=O)N/N=C/c1ccc2c(c1)CCC2. The highest BCUT2D eigenvalue weighted by atomic mass is 16.2. The Morgan fingerprint density at radius 2 is 1.11 bits per heavy atom. The van der Waals surface area contributed by atoms with Gasteiger partial charge in [0, 0.05) is 0 Å². The summed E-state index contributed by atoms with van der Waals surface area (Å²) in [5, 5.41) is 7.71. The Balaban J connectivity index is 1.27. The number of amides is 2. The summed E-state index contributed by atoms with van der Waals surface area (Å²) in [6.07, 6.45) is 9.83. The Morgan fingerprint density at radius 3 is 1.57 bits per heavy atom. The summed E-state index contributed by atoms with van der Waals surface area (Å²) in [6, 6.07) is 12.2. The molecule has 28 heavy (non-hydrogen) atoms. The van der Waals surface area contributed by atoms with E-state index in [4.69, 9.17) is 0 Å². The molecular weight excluding hydrogens is 352 g/mol. The van der Waals surface area contributed by atoms with Crippen LogP contribution in [0.25, 0.3) is 0 Å². The number of hydrogen-bond acceptors (Lipinski definition) is 4. The van der Waals surface area contributed by atoms with Crippen LogP contribution in [0.5, 0.6) is 0 Å². The summed E-state index contributed by atoms with van der Waals surface area (Å²) in [7, 11) is 0. The molecule has 0 aromatic heterocycles. The summed E-state index contributed by atoms with van der Waals surface area (Å²) in [5.74, 6) is -1.72. The second-order valence-corrected chi connectivity index (χ2v) is 7.16. The number of carbonyl (C=O) groups is 2.